The maximum atomic E-state index is 12.9. The maximum Gasteiger partial charge on any atom is 0.214 e. The fraction of sp³-hybridized carbons (Fsp3) is 0.267. The predicted molar refractivity (Wildman–Crippen MR) is 77.0 cm³/mol. The summed E-state index contributed by atoms with van der Waals surface area (Å²) in [6, 6.07) is 15.0. The Morgan fingerprint density at radius 1 is 1.11 bits per heavy atom. The van der Waals surface area contributed by atoms with Crippen molar-refractivity contribution in [3.63, 3.8) is 0 Å². The molecule has 3 nitrogen and oxygen atoms in total. The van der Waals surface area contributed by atoms with Crippen LogP contribution >= 0.6 is 0 Å². The Labute approximate surface area is 113 Å². The summed E-state index contributed by atoms with van der Waals surface area (Å²) < 4.78 is 12.9. The molecule has 0 radical (unpaired) electrons. The highest BCUT2D eigenvalue weighted by Gasteiger charge is 2.00. The van der Waals surface area contributed by atoms with Crippen molar-refractivity contribution in [3.05, 3.63) is 54.5 Å². The average molecular weight is 259 g/mol. The minimum absolute atomic E-state index is 0.452. The van der Waals surface area contributed by atoms with Gasteiger partial charge in [0, 0.05) is 25.8 Å². The average Bonchev–Trinajstić information content (AvgIpc) is 2.44. The van der Waals surface area contributed by atoms with Crippen LogP contribution in [0.1, 0.15) is 6.42 Å². The molecule has 0 saturated carbocycles. The van der Waals surface area contributed by atoms with Crippen molar-refractivity contribution < 1.29 is 4.39 Å². The number of nitrogens with one attached hydrogen (secondary N) is 1. The number of benzene rings is 1. The lowest BCUT2D eigenvalue weighted by Crippen LogP contribution is -2.20. The van der Waals surface area contributed by atoms with Crippen LogP contribution in [0.25, 0.3) is 0 Å². The molecule has 19 heavy (non-hydrogen) atoms. The normalized spacial score (nSPS) is 10.2. The van der Waals surface area contributed by atoms with Gasteiger partial charge in [-0.15, -0.1) is 0 Å². The molecule has 0 amide bonds. The zero-order valence-electron chi connectivity index (χ0n) is 11.0. The number of hydrogen-bond acceptors (Lipinski definition) is 3. The van der Waals surface area contributed by atoms with Crippen LogP contribution in [0, 0.1) is 5.95 Å². The Kier molecular flexibility index (Phi) is 4.72. The summed E-state index contributed by atoms with van der Waals surface area (Å²) in [5.74, 6) is 0.133. The maximum absolute atomic E-state index is 12.9. The van der Waals surface area contributed by atoms with E-state index in [1.54, 1.807) is 12.1 Å². The van der Waals surface area contributed by atoms with Gasteiger partial charge in [0.15, 0.2) is 0 Å². The Bertz CT molecular complexity index is 502. The molecule has 2 aromatic rings. The second-order valence-electron chi connectivity index (χ2n) is 4.38. The van der Waals surface area contributed by atoms with E-state index in [0.29, 0.717) is 5.82 Å². The summed E-state index contributed by atoms with van der Waals surface area (Å²) in [6.45, 7) is 1.71. The molecule has 0 aliphatic carbocycles. The summed E-state index contributed by atoms with van der Waals surface area (Å²) in [6.07, 6.45) is 0.962. The number of pyridine rings is 1. The number of aromatic nitrogens is 1. The second-order valence-corrected chi connectivity index (χ2v) is 4.38. The van der Waals surface area contributed by atoms with Crippen LogP contribution in [0.3, 0.4) is 0 Å². The first-order chi connectivity index (χ1) is 9.25. The molecule has 0 atom stereocenters. The number of rotatable bonds is 6. The Balaban J connectivity index is 1.72. The minimum Gasteiger partial charge on any atom is -0.375 e. The van der Waals surface area contributed by atoms with Gasteiger partial charge in [-0.2, -0.15) is 4.39 Å². The summed E-state index contributed by atoms with van der Waals surface area (Å²) in [5, 5.41) is 3.11. The first-order valence-corrected chi connectivity index (χ1v) is 6.38. The largest absolute Gasteiger partial charge is 0.375 e. The van der Waals surface area contributed by atoms with E-state index in [0.717, 1.165) is 19.5 Å². The molecule has 1 heterocycles. The summed E-state index contributed by atoms with van der Waals surface area (Å²) in [7, 11) is 2.07. The van der Waals surface area contributed by atoms with Gasteiger partial charge in [-0.3, -0.25) is 0 Å². The molecule has 0 fully saturated rings. The van der Waals surface area contributed by atoms with E-state index in [9.17, 15) is 4.39 Å². The van der Waals surface area contributed by atoms with E-state index in [1.165, 1.54) is 11.8 Å². The molecule has 0 bridgehead atoms. The van der Waals surface area contributed by atoms with E-state index < -0.39 is 5.95 Å². The van der Waals surface area contributed by atoms with Crippen molar-refractivity contribution in [2.24, 2.45) is 0 Å². The first kappa shape index (κ1) is 13.3. The highest BCUT2D eigenvalue weighted by molar-refractivity contribution is 5.44. The number of halogens is 1. The lowest BCUT2D eigenvalue weighted by molar-refractivity contribution is 0.585. The van der Waals surface area contributed by atoms with Gasteiger partial charge in [0.05, 0.1) is 0 Å². The van der Waals surface area contributed by atoms with Crippen LogP contribution in [0.5, 0.6) is 0 Å². The highest BCUT2D eigenvalue weighted by atomic mass is 19.1. The molecule has 0 unspecified atom stereocenters. The topological polar surface area (TPSA) is 28.2 Å². The van der Waals surface area contributed by atoms with Crippen LogP contribution in [0.15, 0.2) is 48.5 Å². The summed E-state index contributed by atoms with van der Waals surface area (Å²) >= 11 is 0. The lowest BCUT2D eigenvalue weighted by Gasteiger charge is -2.19. The number of anilines is 2. The minimum atomic E-state index is -0.452. The molecule has 100 valence electrons. The third-order valence-electron chi connectivity index (χ3n) is 2.89. The van der Waals surface area contributed by atoms with E-state index in [1.807, 2.05) is 18.2 Å². The van der Waals surface area contributed by atoms with Crippen molar-refractivity contribution in [1.82, 2.24) is 4.98 Å². The van der Waals surface area contributed by atoms with Crippen molar-refractivity contribution in [2.75, 3.05) is 30.4 Å². The quantitative estimate of drug-likeness (QED) is 0.638. The highest BCUT2D eigenvalue weighted by Crippen LogP contribution is 2.11. The molecule has 4 heteroatoms. The van der Waals surface area contributed by atoms with Gasteiger partial charge >= 0.3 is 0 Å². The molecule has 0 aliphatic rings. The lowest BCUT2D eigenvalue weighted by atomic mass is 10.3. The smallest absolute Gasteiger partial charge is 0.214 e. The third-order valence-corrected chi connectivity index (χ3v) is 2.89. The second kappa shape index (κ2) is 6.73. The van der Waals surface area contributed by atoms with Crippen LogP contribution in [-0.2, 0) is 0 Å². The molecule has 0 spiro atoms. The Hall–Kier alpha value is -2.10. The van der Waals surface area contributed by atoms with Gasteiger partial charge in [-0.05, 0) is 30.7 Å². The number of nitrogens with zero attached hydrogens (tertiary/aromatic N) is 2. The Morgan fingerprint density at radius 3 is 2.63 bits per heavy atom. The van der Waals surface area contributed by atoms with Crippen LogP contribution in [0.4, 0.5) is 15.9 Å². The van der Waals surface area contributed by atoms with Crippen LogP contribution < -0.4 is 10.2 Å². The van der Waals surface area contributed by atoms with Crippen molar-refractivity contribution in [2.45, 2.75) is 6.42 Å². The molecule has 0 aliphatic heterocycles. The molecule has 1 aromatic heterocycles. The van der Waals surface area contributed by atoms with Crippen molar-refractivity contribution in [1.29, 1.82) is 0 Å². The van der Waals surface area contributed by atoms with Crippen LogP contribution in [-0.4, -0.2) is 25.1 Å². The summed E-state index contributed by atoms with van der Waals surface area (Å²) in [5.41, 5.74) is 1.20. The van der Waals surface area contributed by atoms with Gasteiger partial charge in [-0.25, -0.2) is 4.98 Å². The zero-order chi connectivity index (χ0) is 13.5. The SMILES string of the molecule is CN(CCCNc1cccc(F)n1)c1ccccc1. The fourth-order valence-electron chi connectivity index (χ4n) is 1.85. The summed E-state index contributed by atoms with van der Waals surface area (Å²) in [4.78, 5) is 5.95. The number of para-hydroxylation sites is 1. The van der Waals surface area contributed by atoms with Gasteiger partial charge in [-0.1, -0.05) is 24.3 Å². The molecule has 1 N–H and O–H groups in total. The fourth-order valence-corrected chi connectivity index (χ4v) is 1.85. The van der Waals surface area contributed by atoms with Gasteiger partial charge in [0.25, 0.3) is 0 Å². The third kappa shape index (κ3) is 4.25. The van der Waals surface area contributed by atoms with E-state index in [2.05, 4.69) is 34.4 Å². The van der Waals surface area contributed by atoms with Gasteiger partial charge in [0.1, 0.15) is 5.82 Å². The zero-order valence-corrected chi connectivity index (χ0v) is 11.0. The van der Waals surface area contributed by atoms with E-state index >= 15 is 0 Å². The molecular weight excluding hydrogens is 241 g/mol. The standard InChI is InChI=1S/C15H18FN3/c1-19(13-7-3-2-4-8-13)12-6-11-17-15-10-5-9-14(16)18-15/h2-5,7-10H,6,11-12H2,1H3,(H,17,18). The van der Waals surface area contributed by atoms with E-state index in [-0.39, 0.29) is 0 Å². The predicted octanol–water partition coefficient (Wildman–Crippen LogP) is 3.16. The molecule has 1 aromatic carbocycles. The monoisotopic (exact) mass is 259 g/mol. The van der Waals surface area contributed by atoms with Gasteiger partial charge in [0.2, 0.25) is 5.95 Å². The van der Waals surface area contributed by atoms with E-state index in [4.69, 9.17) is 0 Å². The van der Waals surface area contributed by atoms with Gasteiger partial charge < -0.3 is 10.2 Å². The molecule has 0 saturated heterocycles. The number of hydrogen-bond donors (Lipinski definition) is 1. The van der Waals surface area contributed by atoms with Crippen LogP contribution in [0.2, 0.25) is 0 Å². The molecular formula is C15H18FN3. The Morgan fingerprint density at radius 2 is 1.89 bits per heavy atom. The van der Waals surface area contributed by atoms with Crippen molar-refractivity contribution in [3.8, 4) is 0 Å². The van der Waals surface area contributed by atoms with Crippen molar-refractivity contribution >= 4 is 11.5 Å². The first-order valence-electron chi connectivity index (χ1n) is 6.38. The molecule has 2 rings (SSSR count).